The average molecular weight is 370 g/mol. The van der Waals surface area contributed by atoms with Crippen LogP contribution in [0, 0.1) is 0 Å². The molecular formula is C10H10O9S3. The molecule has 0 amide bonds. The maximum atomic E-state index is 11.4. The third kappa shape index (κ3) is 3.43. The summed E-state index contributed by atoms with van der Waals surface area (Å²) in [4.78, 5) is -3.75. The Kier molecular flexibility index (Phi) is 4.68. The number of hydrogen-bond donors (Lipinski definition) is 3. The molecule has 0 aliphatic rings. The first-order chi connectivity index (χ1) is 9.75. The van der Waals surface area contributed by atoms with E-state index in [1.807, 2.05) is 0 Å². The van der Waals surface area contributed by atoms with E-state index >= 15 is 0 Å². The molecule has 0 radical (unpaired) electrons. The maximum absolute atomic E-state index is 11.4. The van der Waals surface area contributed by atoms with Gasteiger partial charge in [-0.25, -0.2) is 0 Å². The third-order valence-corrected chi connectivity index (χ3v) is 5.40. The second kappa shape index (κ2) is 5.57. The molecule has 0 heterocycles. The van der Waals surface area contributed by atoms with Gasteiger partial charge in [0.05, 0.1) is 0 Å². The van der Waals surface area contributed by atoms with Gasteiger partial charge in [0.2, 0.25) is 0 Å². The number of hydrogen-bond acceptors (Lipinski definition) is 6. The van der Waals surface area contributed by atoms with E-state index in [4.69, 9.17) is 9.11 Å². The average Bonchev–Trinajstić information content (AvgIpc) is 2.32. The lowest BCUT2D eigenvalue weighted by molar-refractivity contribution is 0.464. The van der Waals surface area contributed by atoms with Crippen LogP contribution in [-0.2, 0) is 30.4 Å². The molecule has 22 heavy (non-hydrogen) atoms. The van der Waals surface area contributed by atoms with Crippen molar-refractivity contribution in [3.05, 3.63) is 30.4 Å². The fourth-order valence-electron chi connectivity index (χ4n) is 1.73. The second-order valence-corrected chi connectivity index (χ2v) is 7.98. The molecule has 9 nitrogen and oxygen atoms in total. The van der Waals surface area contributed by atoms with E-state index in [9.17, 15) is 29.8 Å². The van der Waals surface area contributed by atoms with Gasteiger partial charge in [-0.15, -0.1) is 0 Å². The monoisotopic (exact) mass is 370 g/mol. The zero-order chi connectivity index (χ0) is 17.5. The summed E-state index contributed by atoms with van der Waals surface area (Å²) < 4.78 is 95.8. The maximum Gasteiger partial charge on any atom is 0.296 e. The van der Waals surface area contributed by atoms with Crippen molar-refractivity contribution < 1.29 is 38.9 Å². The van der Waals surface area contributed by atoms with Crippen molar-refractivity contribution >= 4 is 42.5 Å². The molecule has 3 N–H and O–H groups in total. The molecular weight excluding hydrogens is 360 g/mol. The Balaban J connectivity index is 4.42. The van der Waals surface area contributed by atoms with Gasteiger partial charge in [0.25, 0.3) is 30.4 Å². The molecule has 0 aromatic heterocycles. The van der Waals surface area contributed by atoms with Gasteiger partial charge in [0.15, 0.2) is 0 Å². The predicted molar refractivity (Wildman–Crippen MR) is 76.1 cm³/mol. The van der Waals surface area contributed by atoms with Gasteiger partial charge in [-0.1, -0.05) is 25.3 Å². The van der Waals surface area contributed by atoms with Crippen LogP contribution >= 0.6 is 0 Å². The van der Waals surface area contributed by atoms with E-state index in [-0.39, 0.29) is 0 Å². The molecule has 122 valence electrons. The highest BCUT2D eigenvalue weighted by atomic mass is 32.2. The minimum Gasteiger partial charge on any atom is -0.282 e. The van der Waals surface area contributed by atoms with Gasteiger partial charge in [-0.05, 0) is 11.6 Å². The van der Waals surface area contributed by atoms with Gasteiger partial charge in [-0.3, -0.25) is 13.7 Å². The quantitative estimate of drug-likeness (QED) is 0.633. The lowest BCUT2D eigenvalue weighted by Crippen LogP contribution is -2.15. The Hall–Kier alpha value is -1.57. The van der Waals surface area contributed by atoms with Gasteiger partial charge in [0, 0.05) is 5.56 Å². The first-order valence-electron chi connectivity index (χ1n) is 5.13. The van der Waals surface area contributed by atoms with Gasteiger partial charge in [0.1, 0.15) is 14.7 Å². The summed E-state index contributed by atoms with van der Waals surface area (Å²) in [5.74, 6) is 0. The van der Waals surface area contributed by atoms with Crippen LogP contribution in [0.1, 0.15) is 11.1 Å². The van der Waals surface area contributed by atoms with E-state index < -0.39 is 56.2 Å². The first kappa shape index (κ1) is 18.5. The van der Waals surface area contributed by atoms with Crippen molar-refractivity contribution in [1.82, 2.24) is 0 Å². The minimum atomic E-state index is -5.31. The van der Waals surface area contributed by atoms with Crippen molar-refractivity contribution in [2.24, 2.45) is 0 Å². The fraction of sp³-hybridized carbons (Fsp3) is 0. The summed E-state index contributed by atoms with van der Waals surface area (Å²) in [6, 6.07) is 0.567. The summed E-state index contributed by atoms with van der Waals surface area (Å²) in [7, 11) is -15.5. The zero-order valence-corrected chi connectivity index (χ0v) is 13.1. The summed E-state index contributed by atoms with van der Waals surface area (Å²) in [6.45, 7) is 6.26. The molecule has 0 aliphatic carbocycles. The summed E-state index contributed by atoms with van der Waals surface area (Å²) >= 11 is 0. The zero-order valence-electron chi connectivity index (χ0n) is 10.7. The predicted octanol–water partition coefficient (Wildman–Crippen LogP) is 0.713. The molecule has 0 saturated carbocycles. The van der Waals surface area contributed by atoms with E-state index in [2.05, 4.69) is 13.2 Å². The molecule has 1 rings (SSSR count). The van der Waals surface area contributed by atoms with Crippen molar-refractivity contribution in [3.8, 4) is 0 Å². The third-order valence-electron chi connectivity index (χ3n) is 2.48. The SMILES string of the molecule is C=Cc1cc(S(=O)(=O)O)c(C=C)c(S(=O)(=O)O)c1S(=O)(=O)O. The van der Waals surface area contributed by atoms with E-state index in [0.717, 1.165) is 6.08 Å². The summed E-state index contributed by atoms with van der Waals surface area (Å²) in [6.07, 6.45) is 1.31. The van der Waals surface area contributed by atoms with Crippen molar-refractivity contribution in [2.45, 2.75) is 14.7 Å². The molecule has 0 unspecified atom stereocenters. The van der Waals surface area contributed by atoms with Crippen LogP contribution in [-0.4, -0.2) is 38.9 Å². The minimum absolute atomic E-state index is 0.567. The normalized spacial score (nSPS) is 12.9. The molecule has 0 bridgehead atoms. The van der Waals surface area contributed by atoms with Gasteiger partial charge in [-0.2, -0.15) is 25.3 Å². The van der Waals surface area contributed by atoms with Crippen molar-refractivity contribution in [3.63, 3.8) is 0 Å². The van der Waals surface area contributed by atoms with E-state index in [1.165, 1.54) is 0 Å². The van der Waals surface area contributed by atoms with Gasteiger partial charge >= 0.3 is 0 Å². The fourth-order valence-corrected chi connectivity index (χ4v) is 4.77. The molecule has 0 saturated heterocycles. The van der Waals surface area contributed by atoms with E-state index in [1.54, 1.807) is 0 Å². The van der Waals surface area contributed by atoms with Crippen LogP contribution in [0.2, 0.25) is 0 Å². The van der Waals surface area contributed by atoms with Crippen molar-refractivity contribution in [2.75, 3.05) is 0 Å². The first-order valence-corrected chi connectivity index (χ1v) is 9.45. The Bertz CT molecular complexity index is 967. The molecule has 0 aliphatic heterocycles. The highest BCUT2D eigenvalue weighted by Crippen LogP contribution is 2.34. The second-order valence-electron chi connectivity index (χ2n) is 3.87. The molecule has 1 aromatic carbocycles. The topological polar surface area (TPSA) is 163 Å². The lowest BCUT2D eigenvalue weighted by atomic mass is 10.1. The standard InChI is InChI=1S/C10H10O9S3/c1-3-6-5-8(20(11,12)13)7(4-2)10(22(17,18)19)9(6)21(14,15)16/h3-5H,1-2H2,(H,11,12,13)(H,14,15,16)(H,17,18,19). The summed E-state index contributed by atoms with van der Waals surface area (Å²) in [5, 5.41) is 0. The largest absolute Gasteiger partial charge is 0.296 e. The molecule has 0 atom stereocenters. The van der Waals surface area contributed by atoms with Crippen LogP contribution in [0.15, 0.2) is 33.9 Å². The Labute approximate surface area is 126 Å². The van der Waals surface area contributed by atoms with Crippen molar-refractivity contribution in [1.29, 1.82) is 0 Å². The highest BCUT2D eigenvalue weighted by molar-refractivity contribution is 7.89. The Morgan fingerprint density at radius 2 is 1.23 bits per heavy atom. The highest BCUT2D eigenvalue weighted by Gasteiger charge is 2.33. The van der Waals surface area contributed by atoms with Crippen LogP contribution < -0.4 is 0 Å². The Morgan fingerprint density at radius 3 is 1.50 bits per heavy atom. The molecule has 1 aromatic rings. The summed E-state index contributed by atoms with van der Waals surface area (Å²) in [5.41, 5.74) is -1.57. The number of rotatable bonds is 5. The van der Waals surface area contributed by atoms with Crippen LogP contribution in [0.5, 0.6) is 0 Å². The number of benzene rings is 1. The molecule has 0 spiro atoms. The van der Waals surface area contributed by atoms with Gasteiger partial charge < -0.3 is 0 Å². The van der Waals surface area contributed by atoms with E-state index in [0.29, 0.717) is 12.1 Å². The lowest BCUT2D eigenvalue weighted by Gasteiger charge is -2.14. The molecule has 0 fully saturated rings. The molecule has 12 heteroatoms. The van der Waals surface area contributed by atoms with Crippen LogP contribution in [0.3, 0.4) is 0 Å². The Morgan fingerprint density at radius 1 is 0.773 bits per heavy atom. The smallest absolute Gasteiger partial charge is 0.282 e. The van der Waals surface area contributed by atoms with Crippen LogP contribution in [0.25, 0.3) is 12.2 Å². The van der Waals surface area contributed by atoms with Crippen LogP contribution in [0.4, 0.5) is 0 Å².